The predicted molar refractivity (Wildman–Crippen MR) is 45.3 cm³/mol. The van der Waals surface area contributed by atoms with Crippen molar-refractivity contribution < 1.29 is 18.6 Å². The van der Waals surface area contributed by atoms with Gasteiger partial charge in [0.1, 0.15) is 13.2 Å². The standard InChI is InChI=1S/C7H12O4P/c1-3-4-11-12(9)6-5-10-7(2)8/h3H,1,4-6H2,2H3/q+1. The predicted octanol–water partition coefficient (Wildman–Crippen LogP) is 1.49. The summed E-state index contributed by atoms with van der Waals surface area (Å²) in [4.78, 5) is 10.3. The Bertz CT molecular complexity index is 178. The molecule has 0 radical (unpaired) electrons. The van der Waals surface area contributed by atoms with Gasteiger partial charge in [-0.2, -0.15) is 0 Å². The quantitative estimate of drug-likeness (QED) is 0.362. The minimum Gasteiger partial charge on any atom is -0.461 e. The fourth-order valence-corrected chi connectivity index (χ4v) is 1.11. The van der Waals surface area contributed by atoms with E-state index in [1.165, 1.54) is 13.0 Å². The van der Waals surface area contributed by atoms with Gasteiger partial charge in [0, 0.05) is 6.92 Å². The van der Waals surface area contributed by atoms with Crippen molar-refractivity contribution in [3.63, 3.8) is 0 Å². The second kappa shape index (κ2) is 6.95. The van der Waals surface area contributed by atoms with Crippen LogP contribution in [0.2, 0.25) is 0 Å². The van der Waals surface area contributed by atoms with E-state index in [9.17, 15) is 9.36 Å². The minimum atomic E-state index is -1.72. The van der Waals surface area contributed by atoms with Crippen molar-refractivity contribution in [1.82, 2.24) is 0 Å². The van der Waals surface area contributed by atoms with Crippen molar-refractivity contribution >= 4 is 14.0 Å². The van der Waals surface area contributed by atoms with Gasteiger partial charge in [-0.3, -0.25) is 4.79 Å². The SMILES string of the molecule is C=CCO[P+](=O)CCOC(C)=O. The zero-order chi connectivity index (χ0) is 9.40. The van der Waals surface area contributed by atoms with Crippen molar-refractivity contribution in [2.45, 2.75) is 6.92 Å². The van der Waals surface area contributed by atoms with Gasteiger partial charge in [-0.25, -0.2) is 0 Å². The molecule has 0 amide bonds. The van der Waals surface area contributed by atoms with Gasteiger partial charge in [0.15, 0.2) is 0 Å². The van der Waals surface area contributed by atoms with Crippen LogP contribution in [0.15, 0.2) is 12.7 Å². The molecule has 0 spiro atoms. The molecule has 68 valence electrons. The molecule has 12 heavy (non-hydrogen) atoms. The first-order valence-corrected chi connectivity index (χ1v) is 4.85. The molecule has 4 nitrogen and oxygen atoms in total. The number of carbonyl (C=O) groups excluding carboxylic acids is 1. The fraction of sp³-hybridized carbons (Fsp3) is 0.571. The van der Waals surface area contributed by atoms with Crippen LogP contribution >= 0.6 is 8.03 Å². The van der Waals surface area contributed by atoms with Gasteiger partial charge >= 0.3 is 14.0 Å². The topological polar surface area (TPSA) is 52.6 Å². The molecule has 0 aliphatic heterocycles. The average molecular weight is 191 g/mol. The van der Waals surface area contributed by atoms with Gasteiger partial charge in [0.2, 0.25) is 6.16 Å². The molecule has 0 bridgehead atoms. The second-order valence-corrected chi connectivity index (χ2v) is 3.35. The zero-order valence-corrected chi connectivity index (χ0v) is 7.88. The lowest BCUT2D eigenvalue weighted by atomic mass is 10.7. The summed E-state index contributed by atoms with van der Waals surface area (Å²) in [5, 5.41) is 0. The third-order valence-electron chi connectivity index (χ3n) is 0.916. The Balaban J connectivity index is 3.31. The molecule has 0 saturated heterocycles. The van der Waals surface area contributed by atoms with Crippen LogP contribution in [-0.2, 0) is 18.6 Å². The number of carbonyl (C=O) groups is 1. The third-order valence-corrected chi connectivity index (χ3v) is 1.90. The van der Waals surface area contributed by atoms with Crippen LogP contribution in [0.3, 0.4) is 0 Å². The number of hydrogen-bond acceptors (Lipinski definition) is 4. The van der Waals surface area contributed by atoms with E-state index in [0.29, 0.717) is 0 Å². The Morgan fingerprint density at radius 2 is 2.33 bits per heavy atom. The highest BCUT2D eigenvalue weighted by molar-refractivity contribution is 7.39. The summed E-state index contributed by atoms with van der Waals surface area (Å²) < 4.78 is 20.2. The van der Waals surface area contributed by atoms with E-state index in [2.05, 4.69) is 11.3 Å². The molecule has 0 fully saturated rings. The van der Waals surface area contributed by atoms with E-state index in [1.807, 2.05) is 0 Å². The smallest absolute Gasteiger partial charge is 0.461 e. The monoisotopic (exact) mass is 191 g/mol. The van der Waals surface area contributed by atoms with E-state index in [-0.39, 0.29) is 25.3 Å². The third kappa shape index (κ3) is 7.38. The second-order valence-electron chi connectivity index (χ2n) is 1.98. The summed E-state index contributed by atoms with van der Waals surface area (Å²) >= 11 is 0. The number of esters is 1. The van der Waals surface area contributed by atoms with Gasteiger partial charge < -0.3 is 4.74 Å². The molecule has 0 aromatic heterocycles. The molecule has 0 aliphatic carbocycles. The highest BCUT2D eigenvalue weighted by Gasteiger charge is 2.16. The summed E-state index contributed by atoms with van der Waals surface area (Å²) in [7, 11) is -1.72. The van der Waals surface area contributed by atoms with Gasteiger partial charge in [-0.05, 0) is 4.57 Å². The lowest BCUT2D eigenvalue weighted by Crippen LogP contribution is -2.02. The zero-order valence-electron chi connectivity index (χ0n) is 6.99. The van der Waals surface area contributed by atoms with Crippen molar-refractivity contribution in [2.24, 2.45) is 0 Å². The summed E-state index contributed by atoms with van der Waals surface area (Å²) in [6.07, 6.45) is 1.75. The molecular weight excluding hydrogens is 179 g/mol. The molecule has 0 aliphatic rings. The van der Waals surface area contributed by atoms with Crippen molar-refractivity contribution in [1.29, 1.82) is 0 Å². The lowest BCUT2D eigenvalue weighted by Gasteiger charge is -1.92. The summed E-state index contributed by atoms with van der Waals surface area (Å²) in [6, 6.07) is 0. The van der Waals surface area contributed by atoms with Gasteiger partial charge in [0.25, 0.3) is 0 Å². The maximum atomic E-state index is 10.9. The highest BCUT2D eigenvalue weighted by atomic mass is 31.1. The Morgan fingerprint density at radius 3 is 2.83 bits per heavy atom. The van der Waals surface area contributed by atoms with Crippen molar-refractivity contribution in [3.8, 4) is 0 Å². The van der Waals surface area contributed by atoms with E-state index >= 15 is 0 Å². The molecule has 1 atom stereocenters. The first kappa shape index (κ1) is 11.3. The minimum absolute atomic E-state index is 0.141. The summed E-state index contributed by atoms with van der Waals surface area (Å²) in [6.45, 7) is 5.11. The van der Waals surface area contributed by atoms with E-state index in [4.69, 9.17) is 4.52 Å². The first-order chi connectivity index (χ1) is 5.66. The molecule has 0 aromatic carbocycles. The highest BCUT2D eigenvalue weighted by Crippen LogP contribution is 2.20. The van der Waals surface area contributed by atoms with Crippen molar-refractivity contribution in [3.05, 3.63) is 12.7 Å². The number of ether oxygens (including phenoxy) is 1. The normalized spacial score (nSPS) is 10.6. The molecule has 0 heterocycles. The molecule has 0 rings (SSSR count). The molecule has 1 unspecified atom stereocenters. The molecular formula is C7H12O4P+. The van der Waals surface area contributed by atoms with Crippen LogP contribution in [0, 0.1) is 0 Å². The van der Waals surface area contributed by atoms with E-state index in [1.54, 1.807) is 0 Å². The Labute approximate surface area is 72.4 Å². The van der Waals surface area contributed by atoms with E-state index in [0.717, 1.165) is 0 Å². The molecule has 5 heteroatoms. The first-order valence-electron chi connectivity index (χ1n) is 3.48. The fourth-order valence-electron chi connectivity index (χ4n) is 0.464. The Kier molecular flexibility index (Phi) is 6.53. The average Bonchev–Trinajstić information content (AvgIpc) is 2.00. The largest absolute Gasteiger partial charge is 0.512 e. The van der Waals surface area contributed by atoms with Crippen molar-refractivity contribution in [2.75, 3.05) is 19.4 Å². The van der Waals surface area contributed by atoms with Crippen LogP contribution in [0.5, 0.6) is 0 Å². The lowest BCUT2D eigenvalue weighted by molar-refractivity contribution is -0.140. The maximum Gasteiger partial charge on any atom is 0.512 e. The van der Waals surface area contributed by atoms with Gasteiger partial charge in [-0.15, -0.1) is 11.1 Å². The van der Waals surface area contributed by atoms with Crippen LogP contribution in [-0.4, -0.2) is 25.3 Å². The van der Waals surface area contributed by atoms with Crippen LogP contribution in [0.4, 0.5) is 0 Å². The summed E-state index contributed by atoms with van der Waals surface area (Å²) in [5.41, 5.74) is 0. The number of rotatable bonds is 6. The Hall–Kier alpha value is -0.730. The van der Waals surface area contributed by atoms with Crippen LogP contribution < -0.4 is 0 Å². The van der Waals surface area contributed by atoms with Crippen LogP contribution in [0.25, 0.3) is 0 Å². The van der Waals surface area contributed by atoms with Gasteiger partial charge in [-0.1, -0.05) is 6.08 Å². The van der Waals surface area contributed by atoms with E-state index < -0.39 is 8.03 Å². The number of hydrogen-bond donors (Lipinski definition) is 0. The maximum absolute atomic E-state index is 10.9. The molecule has 0 N–H and O–H groups in total. The Morgan fingerprint density at radius 1 is 1.67 bits per heavy atom. The van der Waals surface area contributed by atoms with Gasteiger partial charge in [0.05, 0.1) is 0 Å². The molecule has 0 saturated carbocycles. The van der Waals surface area contributed by atoms with Crippen LogP contribution in [0.1, 0.15) is 6.92 Å². The summed E-state index contributed by atoms with van der Waals surface area (Å²) in [5.74, 6) is -0.373. The molecule has 0 aromatic rings.